The summed E-state index contributed by atoms with van der Waals surface area (Å²) in [6.07, 6.45) is -5.88. The van der Waals surface area contributed by atoms with E-state index in [1.54, 1.807) is 0 Å². The average Bonchev–Trinajstić information content (AvgIpc) is 3.21. The number of H-pyrrole nitrogens is 1. The lowest BCUT2D eigenvalue weighted by molar-refractivity contribution is -0.189. The number of amides is 1. The van der Waals surface area contributed by atoms with Crippen LogP contribution in [-0.2, 0) is 5.60 Å². The first-order valence-electron chi connectivity index (χ1n) is 9.78. The Morgan fingerprint density at radius 2 is 1.88 bits per heavy atom. The zero-order chi connectivity index (χ0) is 25.4. The SMILES string of the molecule is C[C@H](Oc1cc(-c2c[nH]c(C(C)(C)O)n2)c(F)cc1C(=O)Nc1cc(F)ccc1Cl)C(F)(F)F. The summed E-state index contributed by atoms with van der Waals surface area (Å²) >= 11 is 5.92. The highest BCUT2D eigenvalue weighted by molar-refractivity contribution is 6.34. The fourth-order valence-electron chi connectivity index (χ4n) is 2.84. The molecule has 0 aliphatic rings. The van der Waals surface area contributed by atoms with Crippen molar-refractivity contribution in [2.75, 3.05) is 5.32 Å². The van der Waals surface area contributed by atoms with Crippen molar-refractivity contribution in [3.05, 3.63) is 64.6 Å². The lowest BCUT2D eigenvalue weighted by atomic mass is 10.1. The number of hydrogen-bond donors (Lipinski definition) is 3. The normalized spacial score (nSPS) is 13.0. The second-order valence-corrected chi connectivity index (χ2v) is 8.31. The molecule has 1 heterocycles. The number of rotatable bonds is 6. The molecule has 0 aliphatic carbocycles. The smallest absolute Gasteiger partial charge is 0.425 e. The number of aromatic nitrogens is 2. The fourth-order valence-corrected chi connectivity index (χ4v) is 3.00. The largest absolute Gasteiger partial charge is 0.480 e. The van der Waals surface area contributed by atoms with Gasteiger partial charge < -0.3 is 20.1 Å². The van der Waals surface area contributed by atoms with Crippen molar-refractivity contribution in [3.8, 4) is 17.0 Å². The van der Waals surface area contributed by atoms with E-state index in [4.69, 9.17) is 16.3 Å². The zero-order valence-corrected chi connectivity index (χ0v) is 18.8. The van der Waals surface area contributed by atoms with E-state index in [0.717, 1.165) is 31.2 Å². The van der Waals surface area contributed by atoms with Crippen LogP contribution < -0.4 is 10.1 Å². The van der Waals surface area contributed by atoms with Crippen LogP contribution in [0.2, 0.25) is 5.02 Å². The van der Waals surface area contributed by atoms with Gasteiger partial charge >= 0.3 is 6.18 Å². The van der Waals surface area contributed by atoms with Crippen molar-refractivity contribution in [1.82, 2.24) is 9.97 Å². The van der Waals surface area contributed by atoms with Gasteiger partial charge in [0.05, 0.1) is 22.0 Å². The van der Waals surface area contributed by atoms with Crippen LogP contribution in [-0.4, -0.2) is 33.3 Å². The number of ether oxygens (including phenoxy) is 1. The third-order valence-corrected chi connectivity index (χ3v) is 5.02. The van der Waals surface area contributed by atoms with Gasteiger partial charge in [0.25, 0.3) is 5.91 Å². The number of anilines is 1. The van der Waals surface area contributed by atoms with E-state index in [-0.39, 0.29) is 27.8 Å². The van der Waals surface area contributed by atoms with Crippen molar-refractivity contribution in [3.63, 3.8) is 0 Å². The van der Waals surface area contributed by atoms with E-state index < -0.39 is 46.7 Å². The minimum atomic E-state index is -4.78. The van der Waals surface area contributed by atoms with Gasteiger partial charge in [0.15, 0.2) is 6.10 Å². The van der Waals surface area contributed by atoms with Gasteiger partial charge in [-0.1, -0.05) is 11.6 Å². The molecule has 182 valence electrons. The molecule has 0 radical (unpaired) electrons. The molecule has 1 amide bonds. The minimum Gasteiger partial charge on any atom is -0.480 e. The van der Waals surface area contributed by atoms with Gasteiger partial charge in [-0.15, -0.1) is 0 Å². The van der Waals surface area contributed by atoms with E-state index in [1.165, 1.54) is 20.0 Å². The summed E-state index contributed by atoms with van der Waals surface area (Å²) in [6.45, 7) is 3.57. The third kappa shape index (κ3) is 5.65. The highest BCUT2D eigenvalue weighted by Gasteiger charge is 2.39. The Kier molecular flexibility index (Phi) is 6.90. The number of alkyl halides is 3. The molecule has 2 aromatic carbocycles. The fraction of sp³-hybridized carbons (Fsp3) is 0.273. The summed E-state index contributed by atoms with van der Waals surface area (Å²) < 4.78 is 72.9. The summed E-state index contributed by atoms with van der Waals surface area (Å²) in [4.78, 5) is 19.5. The van der Waals surface area contributed by atoms with Crippen LogP contribution in [0.4, 0.5) is 27.6 Å². The van der Waals surface area contributed by atoms with E-state index >= 15 is 0 Å². The van der Waals surface area contributed by atoms with E-state index in [2.05, 4.69) is 15.3 Å². The first kappa shape index (κ1) is 25.4. The van der Waals surface area contributed by atoms with Gasteiger partial charge in [-0.05, 0) is 51.1 Å². The molecular formula is C22H19ClF5N3O3. The van der Waals surface area contributed by atoms with Crippen LogP contribution in [0.15, 0.2) is 36.5 Å². The standard InChI is InChI=1S/C22H19ClF5N3O3/c1-10(22(26,27)28)34-18-8-12(17-9-29-20(31-17)21(2,3)33)15(25)7-13(18)19(32)30-16-6-11(24)4-5-14(16)23/h4-10,33H,1-3H3,(H,29,31)(H,30,32)/t10-/m0/s1. The molecule has 0 aliphatic heterocycles. The second-order valence-electron chi connectivity index (χ2n) is 7.90. The van der Waals surface area contributed by atoms with Gasteiger partial charge in [-0.2, -0.15) is 13.2 Å². The number of carbonyl (C=O) groups excluding carboxylic acids is 1. The number of nitrogens with zero attached hydrogens (tertiary/aromatic N) is 1. The Balaban J connectivity index is 2.07. The summed E-state index contributed by atoms with van der Waals surface area (Å²) in [6, 6.07) is 4.67. The van der Waals surface area contributed by atoms with Crippen LogP contribution in [0.1, 0.15) is 37.0 Å². The average molecular weight is 504 g/mol. The van der Waals surface area contributed by atoms with Crippen LogP contribution >= 0.6 is 11.6 Å². The maximum Gasteiger partial charge on any atom is 0.425 e. The Morgan fingerprint density at radius 3 is 2.47 bits per heavy atom. The maximum absolute atomic E-state index is 15.0. The van der Waals surface area contributed by atoms with Gasteiger partial charge in [-0.25, -0.2) is 13.8 Å². The molecule has 0 unspecified atom stereocenters. The van der Waals surface area contributed by atoms with Gasteiger partial charge in [0.2, 0.25) is 0 Å². The molecule has 3 N–H and O–H groups in total. The molecule has 3 rings (SSSR count). The number of benzene rings is 2. The van der Waals surface area contributed by atoms with Gasteiger partial charge in [0, 0.05) is 11.8 Å². The minimum absolute atomic E-state index is 0.0423. The topological polar surface area (TPSA) is 87.2 Å². The first-order valence-corrected chi connectivity index (χ1v) is 10.2. The summed E-state index contributed by atoms with van der Waals surface area (Å²) in [7, 11) is 0. The highest BCUT2D eigenvalue weighted by atomic mass is 35.5. The summed E-state index contributed by atoms with van der Waals surface area (Å²) in [5, 5.41) is 12.2. The molecule has 34 heavy (non-hydrogen) atoms. The molecule has 1 aromatic heterocycles. The van der Waals surface area contributed by atoms with E-state index in [1.807, 2.05) is 0 Å². The molecular weight excluding hydrogens is 485 g/mol. The third-order valence-electron chi connectivity index (χ3n) is 4.69. The van der Waals surface area contributed by atoms with Crippen molar-refractivity contribution in [1.29, 1.82) is 0 Å². The Hall–Kier alpha value is -3.18. The van der Waals surface area contributed by atoms with Crippen molar-refractivity contribution < 1.29 is 36.6 Å². The monoisotopic (exact) mass is 503 g/mol. The number of aliphatic hydroxyl groups is 1. The van der Waals surface area contributed by atoms with Crippen LogP contribution in [0.3, 0.4) is 0 Å². The van der Waals surface area contributed by atoms with E-state index in [9.17, 15) is 31.9 Å². The molecule has 12 heteroatoms. The number of nitrogens with one attached hydrogen (secondary N) is 2. The Morgan fingerprint density at radius 1 is 1.21 bits per heavy atom. The predicted octanol–water partition coefficient (Wildman–Crippen LogP) is 5.82. The number of carbonyl (C=O) groups is 1. The van der Waals surface area contributed by atoms with Gasteiger partial charge in [-0.3, -0.25) is 4.79 Å². The lowest BCUT2D eigenvalue weighted by Crippen LogP contribution is -2.32. The molecule has 0 saturated heterocycles. The quantitative estimate of drug-likeness (QED) is 0.370. The lowest BCUT2D eigenvalue weighted by Gasteiger charge is -2.20. The first-order chi connectivity index (χ1) is 15.7. The highest BCUT2D eigenvalue weighted by Crippen LogP contribution is 2.34. The molecule has 0 fully saturated rings. The zero-order valence-electron chi connectivity index (χ0n) is 18.0. The number of hydrogen-bond acceptors (Lipinski definition) is 4. The van der Waals surface area contributed by atoms with Crippen molar-refractivity contribution >= 4 is 23.2 Å². The van der Waals surface area contributed by atoms with Crippen LogP contribution in [0, 0.1) is 11.6 Å². The van der Waals surface area contributed by atoms with Crippen molar-refractivity contribution in [2.45, 2.75) is 38.7 Å². The number of halogens is 6. The van der Waals surface area contributed by atoms with Crippen molar-refractivity contribution in [2.24, 2.45) is 0 Å². The van der Waals surface area contributed by atoms with Crippen LogP contribution in [0.5, 0.6) is 5.75 Å². The summed E-state index contributed by atoms with van der Waals surface area (Å²) in [5.41, 5.74) is -2.48. The molecule has 6 nitrogen and oxygen atoms in total. The molecule has 0 bridgehead atoms. The Bertz CT molecular complexity index is 1220. The Labute approximate surface area is 195 Å². The molecule has 3 aromatic rings. The second kappa shape index (κ2) is 9.22. The maximum atomic E-state index is 15.0. The summed E-state index contributed by atoms with van der Waals surface area (Å²) in [5.74, 6) is -3.34. The molecule has 1 atom stereocenters. The molecule has 0 saturated carbocycles. The van der Waals surface area contributed by atoms with Gasteiger partial charge in [0.1, 0.15) is 28.8 Å². The molecule has 0 spiro atoms. The van der Waals surface area contributed by atoms with Crippen LogP contribution in [0.25, 0.3) is 11.3 Å². The predicted molar refractivity (Wildman–Crippen MR) is 115 cm³/mol. The van der Waals surface area contributed by atoms with E-state index in [0.29, 0.717) is 6.07 Å². The number of aromatic amines is 1. The number of imidazole rings is 1.